The lowest BCUT2D eigenvalue weighted by molar-refractivity contribution is -0.0895. The van der Waals surface area contributed by atoms with Crippen LogP contribution in [-0.4, -0.2) is 57.0 Å². The average molecular weight is 272 g/mol. The van der Waals surface area contributed by atoms with Crippen LogP contribution in [0.15, 0.2) is 30.3 Å². The Morgan fingerprint density at radius 2 is 1.83 bits per heavy atom. The Hall–Kier alpha value is -0.650. The van der Waals surface area contributed by atoms with Gasteiger partial charge in [-0.1, -0.05) is 30.3 Å². The van der Waals surface area contributed by atoms with Crippen LogP contribution in [0.5, 0.6) is 0 Å². The van der Waals surface area contributed by atoms with E-state index in [4.69, 9.17) is 11.6 Å². The van der Waals surface area contributed by atoms with Crippen LogP contribution in [0.2, 0.25) is 0 Å². The number of nitrogens with zero attached hydrogens (tertiary/aromatic N) is 1. The van der Waals surface area contributed by atoms with Gasteiger partial charge in [0, 0.05) is 13.1 Å². The number of alkyl halides is 1. The summed E-state index contributed by atoms with van der Waals surface area (Å²) in [4.78, 5) is 1.91. The highest BCUT2D eigenvalue weighted by molar-refractivity contribution is 6.21. The van der Waals surface area contributed by atoms with E-state index in [0.717, 1.165) is 5.56 Å². The maximum Gasteiger partial charge on any atom is 0.0991 e. The molecule has 1 saturated heterocycles. The van der Waals surface area contributed by atoms with Crippen molar-refractivity contribution in [2.24, 2.45) is 0 Å². The van der Waals surface area contributed by atoms with Crippen molar-refractivity contribution in [3.63, 3.8) is 0 Å². The Labute approximate surface area is 111 Å². The Morgan fingerprint density at radius 1 is 1.17 bits per heavy atom. The maximum absolute atomic E-state index is 9.92. The summed E-state index contributed by atoms with van der Waals surface area (Å²) in [6.45, 7) is 0.841. The smallest absolute Gasteiger partial charge is 0.0991 e. The first-order valence-electron chi connectivity index (χ1n) is 6.02. The zero-order valence-corrected chi connectivity index (χ0v) is 10.7. The second-order valence-corrected chi connectivity index (χ2v) is 5.22. The third kappa shape index (κ3) is 2.84. The monoisotopic (exact) mass is 271 g/mol. The van der Waals surface area contributed by atoms with Gasteiger partial charge in [0.15, 0.2) is 0 Å². The Bertz CT molecular complexity index is 376. The highest BCUT2D eigenvalue weighted by Gasteiger charge is 2.40. The van der Waals surface area contributed by atoms with Crippen molar-refractivity contribution in [1.82, 2.24) is 4.90 Å². The molecule has 100 valence electrons. The first-order chi connectivity index (χ1) is 8.63. The molecule has 3 N–H and O–H groups in total. The van der Waals surface area contributed by atoms with Gasteiger partial charge in [-0.2, -0.15) is 0 Å². The number of aliphatic hydroxyl groups is 3. The summed E-state index contributed by atoms with van der Waals surface area (Å²) < 4.78 is 0. The maximum atomic E-state index is 9.92. The molecule has 0 saturated carbocycles. The lowest BCUT2D eigenvalue weighted by Crippen LogP contribution is -2.60. The normalized spacial score (nSPS) is 33.6. The zero-order valence-electron chi connectivity index (χ0n) is 9.98. The molecule has 1 aliphatic rings. The van der Waals surface area contributed by atoms with E-state index < -0.39 is 23.6 Å². The molecule has 0 amide bonds. The van der Waals surface area contributed by atoms with E-state index >= 15 is 0 Å². The quantitative estimate of drug-likeness (QED) is 0.687. The fraction of sp³-hybridized carbons (Fsp3) is 0.538. The third-order valence-electron chi connectivity index (χ3n) is 3.41. The SMILES string of the molecule is OC[C@@H]1[C@@H](O)[C@H](O)[C@@H](Cl)CN1Cc1ccccc1. The number of piperidine rings is 1. The van der Waals surface area contributed by atoms with E-state index in [9.17, 15) is 15.3 Å². The van der Waals surface area contributed by atoms with Gasteiger partial charge in [0.1, 0.15) is 0 Å². The van der Waals surface area contributed by atoms with Crippen LogP contribution in [0.25, 0.3) is 0 Å². The zero-order chi connectivity index (χ0) is 13.1. The molecule has 0 unspecified atom stereocenters. The van der Waals surface area contributed by atoms with Crippen molar-refractivity contribution in [2.75, 3.05) is 13.2 Å². The number of benzene rings is 1. The highest BCUT2D eigenvalue weighted by atomic mass is 35.5. The molecule has 1 aliphatic heterocycles. The van der Waals surface area contributed by atoms with Gasteiger partial charge in [0.05, 0.1) is 30.2 Å². The number of halogens is 1. The van der Waals surface area contributed by atoms with Crippen LogP contribution >= 0.6 is 11.6 Å². The van der Waals surface area contributed by atoms with E-state index in [-0.39, 0.29) is 6.61 Å². The summed E-state index contributed by atoms with van der Waals surface area (Å²) >= 11 is 6.01. The van der Waals surface area contributed by atoms with Crippen LogP contribution < -0.4 is 0 Å². The van der Waals surface area contributed by atoms with Gasteiger partial charge in [0.25, 0.3) is 0 Å². The summed E-state index contributed by atoms with van der Waals surface area (Å²) in [6, 6.07) is 9.30. The molecule has 4 atom stereocenters. The standard InChI is InChI=1S/C13H18ClNO3/c14-10-7-15(6-9-4-2-1-3-5-9)11(8-16)13(18)12(10)17/h1-5,10-13,16-18H,6-8H2/t10-,11+,12+,13+/m0/s1. The first-order valence-corrected chi connectivity index (χ1v) is 6.46. The van der Waals surface area contributed by atoms with E-state index in [1.165, 1.54) is 0 Å². The van der Waals surface area contributed by atoms with Gasteiger partial charge in [-0.05, 0) is 5.56 Å². The topological polar surface area (TPSA) is 63.9 Å². The molecular weight excluding hydrogens is 254 g/mol. The van der Waals surface area contributed by atoms with Crippen LogP contribution in [0, 0.1) is 0 Å². The molecule has 2 rings (SSSR count). The van der Waals surface area contributed by atoms with Gasteiger partial charge in [-0.25, -0.2) is 0 Å². The minimum absolute atomic E-state index is 0.200. The molecule has 0 aromatic heterocycles. The molecule has 1 fully saturated rings. The first kappa shape index (κ1) is 13.8. The minimum Gasteiger partial charge on any atom is -0.395 e. The Kier molecular flexibility index (Phi) is 4.59. The fourth-order valence-electron chi connectivity index (χ4n) is 2.35. The molecular formula is C13H18ClNO3. The van der Waals surface area contributed by atoms with E-state index in [2.05, 4.69) is 0 Å². The summed E-state index contributed by atoms with van der Waals surface area (Å²) in [5, 5.41) is 28.5. The number of hydrogen-bond acceptors (Lipinski definition) is 4. The number of aliphatic hydroxyl groups excluding tert-OH is 3. The molecule has 0 bridgehead atoms. The van der Waals surface area contributed by atoms with E-state index in [1.54, 1.807) is 0 Å². The molecule has 0 aliphatic carbocycles. The van der Waals surface area contributed by atoms with Crippen molar-refractivity contribution in [3.05, 3.63) is 35.9 Å². The molecule has 1 aromatic carbocycles. The molecule has 0 radical (unpaired) electrons. The summed E-state index contributed by atoms with van der Waals surface area (Å²) in [6.07, 6.45) is -2.01. The van der Waals surface area contributed by atoms with E-state index in [1.807, 2.05) is 35.2 Å². The fourth-order valence-corrected chi connectivity index (χ4v) is 2.67. The number of likely N-dealkylation sites (tertiary alicyclic amines) is 1. The molecule has 0 spiro atoms. The number of hydrogen-bond donors (Lipinski definition) is 3. The average Bonchev–Trinajstić information content (AvgIpc) is 2.38. The molecule has 1 aromatic rings. The van der Waals surface area contributed by atoms with Crippen LogP contribution in [0.3, 0.4) is 0 Å². The van der Waals surface area contributed by atoms with Gasteiger partial charge in [0.2, 0.25) is 0 Å². The number of rotatable bonds is 3. The minimum atomic E-state index is -1.02. The summed E-state index contributed by atoms with van der Waals surface area (Å²) in [5.41, 5.74) is 1.09. The molecule has 1 heterocycles. The second kappa shape index (κ2) is 5.99. The van der Waals surface area contributed by atoms with Crippen molar-refractivity contribution < 1.29 is 15.3 Å². The Balaban J connectivity index is 2.10. The van der Waals surface area contributed by atoms with Crippen LogP contribution in [0.4, 0.5) is 0 Å². The molecule has 5 heteroatoms. The predicted octanol–water partition coefficient (Wildman–Crippen LogP) is 0.192. The largest absolute Gasteiger partial charge is 0.395 e. The van der Waals surface area contributed by atoms with Gasteiger partial charge < -0.3 is 15.3 Å². The predicted molar refractivity (Wildman–Crippen MR) is 69.4 cm³/mol. The van der Waals surface area contributed by atoms with E-state index in [0.29, 0.717) is 13.1 Å². The highest BCUT2D eigenvalue weighted by Crippen LogP contribution is 2.24. The van der Waals surface area contributed by atoms with Gasteiger partial charge in [-0.3, -0.25) is 4.90 Å². The lowest BCUT2D eigenvalue weighted by atomic mass is 9.95. The molecule has 4 nitrogen and oxygen atoms in total. The summed E-state index contributed by atoms with van der Waals surface area (Å²) in [5.74, 6) is 0. The van der Waals surface area contributed by atoms with Crippen molar-refractivity contribution in [2.45, 2.75) is 30.2 Å². The van der Waals surface area contributed by atoms with Gasteiger partial charge in [-0.15, -0.1) is 11.6 Å². The second-order valence-electron chi connectivity index (χ2n) is 4.66. The van der Waals surface area contributed by atoms with Gasteiger partial charge >= 0.3 is 0 Å². The van der Waals surface area contributed by atoms with Crippen molar-refractivity contribution >= 4 is 11.6 Å². The van der Waals surface area contributed by atoms with Crippen molar-refractivity contribution in [3.8, 4) is 0 Å². The van der Waals surface area contributed by atoms with Crippen LogP contribution in [-0.2, 0) is 6.54 Å². The van der Waals surface area contributed by atoms with Crippen molar-refractivity contribution in [1.29, 1.82) is 0 Å². The third-order valence-corrected chi connectivity index (χ3v) is 3.80. The lowest BCUT2D eigenvalue weighted by Gasteiger charge is -2.43. The summed E-state index contributed by atoms with van der Waals surface area (Å²) in [7, 11) is 0. The molecule has 18 heavy (non-hydrogen) atoms. The Morgan fingerprint density at radius 3 is 2.44 bits per heavy atom. The van der Waals surface area contributed by atoms with Crippen LogP contribution in [0.1, 0.15) is 5.56 Å².